The van der Waals surface area contributed by atoms with Crippen molar-refractivity contribution in [1.82, 2.24) is 9.29 Å². The van der Waals surface area contributed by atoms with Crippen LogP contribution in [0.1, 0.15) is 19.0 Å². The number of nitriles is 1. The van der Waals surface area contributed by atoms with Crippen LogP contribution in [0.15, 0.2) is 33.6 Å². The fraction of sp³-hybridized carbons (Fsp3) is 0.412. The monoisotopic (exact) mass is 378 g/mol. The first-order valence-electron chi connectivity index (χ1n) is 8.15. The molecular weight excluding hydrogens is 356 g/mol. The zero-order valence-corrected chi connectivity index (χ0v) is 15.8. The van der Waals surface area contributed by atoms with Gasteiger partial charge in [0.2, 0.25) is 27.5 Å². The number of benzene rings is 1. The number of sulfonamides is 1. The molecule has 2 rings (SSSR count). The lowest BCUT2D eigenvalue weighted by Crippen LogP contribution is -2.22. The molecule has 0 saturated heterocycles. The van der Waals surface area contributed by atoms with E-state index in [0.29, 0.717) is 31.2 Å². The molecule has 0 unspecified atom stereocenters. The molecule has 8 nitrogen and oxygen atoms in total. The van der Waals surface area contributed by atoms with Gasteiger partial charge in [0.15, 0.2) is 0 Å². The summed E-state index contributed by atoms with van der Waals surface area (Å²) in [6.45, 7) is 3.80. The lowest BCUT2D eigenvalue weighted by molar-refractivity contribution is 0.147. The highest BCUT2D eigenvalue weighted by atomic mass is 32.2. The van der Waals surface area contributed by atoms with Crippen molar-refractivity contribution in [1.29, 1.82) is 5.26 Å². The Morgan fingerprint density at radius 3 is 2.58 bits per heavy atom. The molecule has 0 fully saturated rings. The molecule has 0 bridgehead atoms. The number of nitrogens with one attached hydrogen (secondary N) is 1. The van der Waals surface area contributed by atoms with Crippen molar-refractivity contribution < 1.29 is 17.6 Å². The Bertz CT molecular complexity index is 867. The SMILES string of the molecule is CCOCCCNc1oc(-c2ccc(S(=O)(=O)N(C)C)cc2)nc1C#N. The van der Waals surface area contributed by atoms with Gasteiger partial charge in [-0.15, -0.1) is 0 Å². The van der Waals surface area contributed by atoms with Crippen LogP contribution in [0.3, 0.4) is 0 Å². The molecule has 0 spiro atoms. The third-order valence-corrected chi connectivity index (χ3v) is 5.40. The second-order valence-electron chi connectivity index (χ2n) is 5.60. The number of aromatic nitrogens is 1. The summed E-state index contributed by atoms with van der Waals surface area (Å²) < 4.78 is 36.2. The minimum atomic E-state index is -3.50. The van der Waals surface area contributed by atoms with Gasteiger partial charge >= 0.3 is 0 Å². The first kappa shape index (κ1) is 19.9. The van der Waals surface area contributed by atoms with Crippen LogP contribution in [0.2, 0.25) is 0 Å². The fourth-order valence-electron chi connectivity index (χ4n) is 2.14. The van der Waals surface area contributed by atoms with Crippen LogP contribution in [0.5, 0.6) is 0 Å². The van der Waals surface area contributed by atoms with E-state index >= 15 is 0 Å². The van der Waals surface area contributed by atoms with E-state index in [9.17, 15) is 13.7 Å². The van der Waals surface area contributed by atoms with Crippen LogP contribution in [0.25, 0.3) is 11.5 Å². The Labute approximate surface area is 153 Å². The van der Waals surface area contributed by atoms with Gasteiger partial charge in [0, 0.05) is 39.4 Å². The maximum absolute atomic E-state index is 12.1. The van der Waals surface area contributed by atoms with Crippen LogP contribution in [-0.4, -0.2) is 51.6 Å². The summed E-state index contributed by atoms with van der Waals surface area (Å²) in [5, 5.41) is 12.2. The smallest absolute Gasteiger partial charge is 0.242 e. The van der Waals surface area contributed by atoms with Gasteiger partial charge in [0.1, 0.15) is 6.07 Å². The molecule has 1 aromatic carbocycles. The summed E-state index contributed by atoms with van der Waals surface area (Å²) in [4.78, 5) is 4.33. The number of hydrogen-bond donors (Lipinski definition) is 1. The topological polar surface area (TPSA) is 108 Å². The maximum atomic E-state index is 12.1. The summed E-state index contributed by atoms with van der Waals surface area (Å²) in [5.41, 5.74) is 0.739. The van der Waals surface area contributed by atoms with Gasteiger partial charge in [-0.25, -0.2) is 12.7 Å². The molecule has 26 heavy (non-hydrogen) atoms. The average molecular weight is 378 g/mol. The predicted octanol–water partition coefficient (Wildman–Crippen LogP) is 2.30. The third kappa shape index (κ3) is 4.60. The highest BCUT2D eigenvalue weighted by molar-refractivity contribution is 7.89. The Morgan fingerprint density at radius 2 is 2.00 bits per heavy atom. The summed E-state index contributed by atoms with van der Waals surface area (Å²) in [6.07, 6.45) is 0.770. The number of oxazole rings is 1. The molecule has 0 aliphatic rings. The summed E-state index contributed by atoms with van der Waals surface area (Å²) in [7, 11) is -0.553. The summed E-state index contributed by atoms with van der Waals surface area (Å²) in [6, 6.07) is 8.15. The van der Waals surface area contributed by atoms with E-state index in [0.717, 1.165) is 10.7 Å². The molecule has 0 aliphatic carbocycles. The Balaban J connectivity index is 2.15. The number of rotatable bonds is 9. The normalized spacial score (nSPS) is 11.5. The average Bonchev–Trinajstić information content (AvgIpc) is 3.04. The predicted molar refractivity (Wildman–Crippen MR) is 97.1 cm³/mol. The van der Waals surface area contributed by atoms with Crippen LogP contribution in [-0.2, 0) is 14.8 Å². The zero-order chi connectivity index (χ0) is 19.2. The van der Waals surface area contributed by atoms with Gasteiger partial charge in [-0.1, -0.05) is 0 Å². The molecule has 0 aliphatic heterocycles. The highest BCUT2D eigenvalue weighted by Gasteiger charge is 2.18. The minimum absolute atomic E-state index is 0.154. The summed E-state index contributed by atoms with van der Waals surface area (Å²) in [5.74, 6) is 0.548. The van der Waals surface area contributed by atoms with Crippen LogP contribution < -0.4 is 5.32 Å². The minimum Gasteiger partial charge on any atom is -0.419 e. The Kier molecular flexibility index (Phi) is 6.74. The van der Waals surface area contributed by atoms with Crippen molar-refractivity contribution in [2.24, 2.45) is 0 Å². The molecule has 1 aromatic heterocycles. The standard InChI is InChI=1S/C17H22N4O4S/c1-4-24-11-5-10-19-17-15(12-18)20-16(25-17)13-6-8-14(9-7-13)26(22,23)21(2)3/h6-9,19H,4-5,10-11H2,1-3H3. The molecule has 1 heterocycles. The van der Waals surface area contributed by atoms with E-state index < -0.39 is 10.0 Å². The van der Waals surface area contributed by atoms with Crippen molar-refractivity contribution in [3.63, 3.8) is 0 Å². The first-order chi connectivity index (χ1) is 12.4. The van der Waals surface area contributed by atoms with Gasteiger partial charge in [0.25, 0.3) is 0 Å². The van der Waals surface area contributed by atoms with Crippen molar-refractivity contribution >= 4 is 15.9 Å². The van der Waals surface area contributed by atoms with Gasteiger partial charge in [-0.05, 0) is 37.6 Å². The zero-order valence-electron chi connectivity index (χ0n) is 15.0. The highest BCUT2D eigenvalue weighted by Crippen LogP contribution is 2.26. The molecule has 0 amide bonds. The van der Waals surface area contributed by atoms with E-state index in [-0.39, 0.29) is 16.5 Å². The molecule has 1 N–H and O–H groups in total. The lowest BCUT2D eigenvalue weighted by atomic mass is 10.2. The number of nitrogens with zero attached hydrogens (tertiary/aromatic N) is 3. The molecule has 0 radical (unpaired) electrons. The van der Waals surface area contributed by atoms with Crippen LogP contribution in [0.4, 0.5) is 5.88 Å². The van der Waals surface area contributed by atoms with Crippen LogP contribution in [0, 0.1) is 11.3 Å². The van der Waals surface area contributed by atoms with E-state index in [4.69, 9.17) is 9.15 Å². The largest absolute Gasteiger partial charge is 0.419 e. The third-order valence-electron chi connectivity index (χ3n) is 3.57. The van der Waals surface area contributed by atoms with Crippen LogP contribution >= 0.6 is 0 Å². The number of hydrogen-bond acceptors (Lipinski definition) is 7. The van der Waals surface area contributed by atoms with E-state index in [1.54, 1.807) is 12.1 Å². The quantitative estimate of drug-likeness (QED) is 0.667. The molecule has 2 aromatic rings. The molecule has 0 saturated carbocycles. The molecule has 0 atom stereocenters. The number of ether oxygens (including phenoxy) is 1. The van der Waals surface area contributed by atoms with Crippen molar-refractivity contribution in [3.8, 4) is 17.5 Å². The maximum Gasteiger partial charge on any atom is 0.242 e. The molecule has 140 valence electrons. The van der Waals surface area contributed by atoms with Crippen molar-refractivity contribution in [2.75, 3.05) is 39.2 Å². The van der Waals surface area contributed by atoms with Gasteiger partial charge < -0.3 is 14.5 Å². The van der Waals surface area contributed by atoms with Gasteiger partial charge in [-0.2, -0.15) is 10.2 Å². The lowest BCUT2D eigenvalue weighted by Gasteiger charge is -2.11. The number of anilines is 1. The van der Waals surface area contributed by atoms with E-state index in [1.807, 2.05) is 13.0 Å². The Morgan fingerprint density at radius 1 is 1.31 bits per heavy atom. The summed E-state index contributed by atoms with van der Waals surface area (Å²) >= 11 is 0. The Hall–Kier alpha value is -2.41. The second kappa shape index (κ2) is 8.80. The van der Waals surface area contributed by atoms with E-state index in [2.05, 4.69) is 10.3 Å². The van der Waals surface area contributed by atoms with E-state index in [1.165, 1.54) is 26.2 Å². The fourth-order valence-corrected chi connectivity index (χ4v) is 3.04. The van der Waals surface area contributed by atoms with Gasteiger partial charge in [0.05, 0.1) is 4.90 Å². The van der Waals surface area contributed by atoms with Crippen molar-refractivity contribution in [2.45, 2.75) is 18.2 Å². The first-order valence-corrected chi connectivity index (χ1v) is 9.59. The van der Waals surface area contributed by atoms with Crippen molar-refractivity contribution in [3.05, 3.63) is 30.0 Å². The van der Waals surface area contributed by atoms with Gasteiger partial charge in [-0.3, -0.25) is 0 Å². The molecule has 9 heteroatoms. The second-order valence-corrected chi connectivity index (χ2v) is 7.75. The molecular formula is C17H22N4O4S.